The van der Waals surface area contributed by atoms with Crippen molar-refractivity contribution in [2.75, 3.05) is 6.61 Å². The minimum Gasteiger partial charge on any atom is -0.482 e. The van der Waals surface area contributed by atoms with Gasteiger partial charge in [-0.25, -0.2) is 0 Å². The molecule has 2 aromatic carbocycles. The van der Waals surface area contributed by atoms with E-state index >= 15 is 0 Å². The van der Waals surface area contributed by atoms with Crippen LogP contribution in [0.15, 0.2) is 48.5 Å². The molecule has 0 bridgehead atoms. The van der Waals surface area contributed by atoms with Crippen LogP contribution in [0.25, 0.3) is 0 Å². The number of amides is 2. The van der Waals surface area contributed by atoms with E-state index in [9.17, 15) is 9.59 Å². The average molecular weight is 412 g/mol. The molecule has 9 heteroatoms. The summed E-state index contributed by atoms with van der Waals surface area (Å²) >= 11 is 16.7. The highest BCUT2D eigenvalue weighted by molar-refractivity contribution is 7.80. The second kappa shape index (κ2) is 9.96. The Morgan fingerprint density at radius 2 is 1.65 bits per heavy atom. The molecule has 0 unspecified atom stereocenters. The molecule has 136 valence electrons. The van der Waals surface area contributed by atoms with Crippen molar-refractivity contribution in [1.29, 1.82) is 0 Å². The number of halogens is 2. The van der Waals surface area contributed by atoms with Crippen molar-refractivity contribution >= 4 is 52.3 Å². The maximum absolute atomic E-state index is 11.9. The van der Waals surface area contributed by atoms with Crippen LogP contribution in [0, 0.1) is 0 Å². The van der Waals surface area contributed by atoms with Crippen molar-refractivity contribution in [2.45, 2.75) is 6.42 Å². The van der Waals surface area contributed by atoms with E-state index in [1.54, 1.807) is 48.5 Å². The topological polar surface area (TPSA) is 79.5 Å². The number of thiocarbonyl (C=S) groups is 1. The lowest BCUT2D eigenvalue weighted by Gasteiger charge is -2.12. The third kappa shape index (κ3) is 6.87. The smallest absolute Gasteiger partial charge is 0.276 e. The van der Waals surface area contributed by atoms with Gasteiger partial charge in [0, 0.05) is 5.02 Å². The van der Waals surface area contributed by atoms with Crippen LogP contribution in [0.4, 0.5) is 0 Å². The standard InChI is InChI=1S/C17H15Cl2N3O3S/c18-12-7-5-11(6-8-12)9-15(23)20-17(26)22-21-16(24)10-25-14-4-2-1-3-13(14)19/h1-8H,9-10H2,(H,21,24)(H2,20,22,23,26). The van der Waals surface area contributed by atoms with Gasteiger partial charge in [0.05, 0.1) is 11.4 Å². The summed E-state index contributed by atoms with van der Waals surface area (Å²) in [5.41, 5.74) is 5.53. The first kappa shape index (κ1) is 20.0. The van der Waals surface area contributed by atoms with Gasteiger partial charge in [-0.1, -0.05) is 47.5 Å². The molecule has 26 heavy (non-hydrogen) atoms. The van der Waals surface area contributed by atoms with E-state index in [4.69, 9.17) is 40.2 Å². The Labute approximate surface area is 165 Å². The molecule has 2 aromatic rings. The molecule has 0 fully saturated rings. The lowest BCUT2D eigenvalue weighted by Crippen LogP contribution is -2.49. The molecule has 0 aromatic heterocycles. The summed E-state index contributed by atoms with van der Waals surface area (Å²) in [5.74, 6) is -0.422. The van der Waals surface area contributed by atoms with Gasteiger partial charge in [0.25, 0.3) is 5.91 Å². The van der Waals surface area contributed by atoms with Crippen LogP contribution in [0.3, 0.4) is 0 Å². The Kier molecular flexibility index (Phi) is 7.65. The number of carbonyl (C=O) groups is 2. The number of hydrogen-bond acceptors (Lipinski definition) is 4. The fourth-order valence-corrected chi connectivity index (χ4v) is 2.34. The summed E-state index contributed by atoms with van der Waals surface area (Å²) in [6.45, 7) is -0.266. The number of benzene rings is 2. The van der Waals surface area contributed by atoms with Gasteiger partial charge in [-0.3, -0.25) is 20.4 Å². The number of para-hydroxylation sites is 1. The number of rotatable bonds is 5. The molecule has 0 aliphatic carbocycles. The first-order valence-corrected chi connectivity index (χ1v) is 8.61. The van der Waals surface area contributed by atoms with Crippen LogP contribution in [-0.4, -0.2) is 23.5 Å². The SMILES string of the molecule is O=C(COc1ccccc1Cl)NNC(=S)NC(=O)Cc1ccc(Cl)cc1. The highest BCUT2D eigenvalue weighted by Crippen LogP contribution is 2.22. The minimum absolute atomic E-state index is 0.0324. The van der Waals surface area contributed by atoms with E-state index in [0.717, 1.165) is 5.56 Å². The quantitative estimate of drug-likeness (QED) is 0.520. The van der Waals surface area contributed by atoms with Crippen molar-refractivity contribution in [3.8, 4) is 5.75 Å². The van der Waals surface area contributed by atoms with Gasteiger partial charge in [-0.05, 0) is 42.0 Å². The molecule has 0 atom stereocenters. The van der Waals surface area contributed by atoms with Gasteiger partial charge in [0.2, 0.25) is 5.91 Å². The lowest BCUT2D eigenvalue weighted by molar-refractivity contribution is -0.124. The molecule has 0 saturated carbocycles. The highest BCUT2D eigenvalue weighted by Gasteiger charge is 2.08. The number of carbonyl (C=O) groups excluding carboxylic acids is 2. The van der Waals surface area contributed by atoms with Gasteiger partial charge in [-0.2, -0.15) is 0 Å². The highest BCUT2D eigenvalue weighted by atomic mass is 35.5. The third-order valence-corrected chi connectivity index (χ3v) is 3.81. The van der Waals surface area contributed by atoms with Crippen molar-refractivity contribution in [3.63, 3.8) is 0 Å². The van der Waals surface area contributed by atoms with Crippen molar-refractivity contribution in [2.24, 2.45) is 0 Å². The molecule has 0 aliphatic rings. The molecule has 6 nitrogen and oxygen atoms in total. The van der Waals surface area contributed by atoms with Crippen LogP contribution >= 0.6 is 35.4 Å². The average Bonchev–Trinajstić information content (AvgIpc) is 2.61. The molecular weight excluding hydrogens is 397 g/mol. The van der Waals surface area contributed by atoms with Crippen molar-refractivity contribution in [1.82, 2.24) is 16.2 Å². The van der Waals surface area contributed by atoms with E-state index in [1.807, 2.05) is 0 Å². The van der Waals surface area contributed by atoms with Crippen LogP contribution in [-0.2, 0) is 16.0 Å². The first-order valence-electron chi connectivity index (χ1n) is 7.44. The molecular formula is C17H15Cl2N3O3S. The Balaban J connectivity index is 1.69. The Morgan fingerprint density at radius 1 is 0.962 bits per heavy atom. The van der Waals surface area contributed by atoms with Gasteiger partial charge in [0.1, 0.15) is 5.75 Å². The van der Waals surface area contributed by atoms with Crippen molar-refractivity contribution in [3.05, 3.63) is 64.1 Å². The molecule has 0 aliphatic heterocycles. The third-order valence-electron chi connectivity index (χ3n) is 3.04. The largest absolute Gasteiger partial charge is 0.482 e. The normalized spacial score (nSPS) is 9.92. The van der Waals surface area contributed by atoms with Crippen LogP contribution in [0.2, 0.25) is 10.0 Å². The Hall–Kier alpha value is -2.35. The Morgan fingerprint density at radius 3 is 2.35 bits per heavy atom. The number of hydrazine groups is 1. The van der Waals surface area contributed by atoms with E-state index in [-0.39, 0.29) is 24.0 Å². The summed E-state index contributed by atoms with van der Waals surface area (Å²) in [6, 6.07) is 13.7. The number of hydrogen-bond donors (Lipinski definition) is 3. The fraction of sp³-hybridized carbons (Fsp3) is 0.118. The van der Waals surface area contributed by atoms with E-state index < -0.39 is 5.91 Å². The predicted molar refractivity (Wildman–Crippen MR) is 104 cm³/mol. The lowest BCUT2D eigenvalue weighted by atomic mass is 10.1. The van der Waals surface area contributed by atoms with Crippen LogP contribution < -0.4 is 20.9 Å². The molecule has 0 heterocycles. The van der Waals surface area contributed by atoms with Gasteiger partial charge in [0.15, 0.2) is 11.7 Å². The monoisotopic (exact) mass is 411 g/mol. The number of ether oxygens (including phenoxy) is 1. The van der Waals surface area contributed by atoms with E-state index in [1.165, 1.54) is 0 Å². The maximum atomic E-state index is 11.9. The Bertz CT molecular complexity index is 800. The molecule has 2 amide bonds. The first-order chi connectivity index (χ1) is 12.4. The molecule has 0 radical (unpaired) electrons. The maximum Gasteiger partial charge on any atom is 0.276 e. The zero-order valence-corrected chi connectivity index (χ0v) is 15.8. The second-order valence-electron chi connectivity index (χ2n) is 5.07. The summed E-state index contributed by atoms with van der Waals surface area (Å²) in [7, 11) is 0. The summed E-state index contributed by atoms with van der Waals surface area (Å²) in [4.78, 5) is 23.6. The van der Waals surface area contributed by atoms with Gasteiger partial charge < -0.3 is 10.1 Å². The molecule has 3 N–H and O–H groups in total. The minimum atomic E-state index is -0.487. The summed E-state index contributed by atoms with van der Waals surface area (Å²) in [6.07, 6.45) is 0.128. The van der Waals surface area contributed by atoms with E-state index in [0.29, 0.717) is 15.8 Å². The molecule has 2 rings (SSSR count). The predicted octanol–water partition coefficient (Wildman–Crippen LogP) is 2.64. The van der Waals surface area contributed by atoms with Crippen LogP contribution in [0.1, 0.15) is 5.56 Å². The van der Waals surface area contributed by atoms with Crippen LogP contribution in [0.5, 0.6) is 5.75 Å². The summed E-state index contributed by atoms with van der Waals surface area (Å²) in [5, 5.41) is 3.41. The zero-order chi connectivity index (χ0) is 18.9. The molecule has 0 spiro atoms. The number of nitrogens with one attached hydrogen (secondary N) is 3. The van der Waals surface area contributed by atoms with Gasteiger partial charge in [-0.15, -0.1) is 0 Å². The fourth-order valence-electron chi connectivity index (χ4n) is 1.86. The van der Waals surface area contributed by atoms with E-state index in [2.05, 4.69) is 16.2 Å². The zero-order valence-electron chi connectivity index (χ0n) is 13.4. The molecule has 0 saturated heterocycles. The van der Waals surface area contributed by atoms with Crippen molar-refractivity contribution < 1.29 is 14.3 Å². The summed E-state index contributed by atoms with van der Waals surface area (Å²) < 4.78 is 5.28. The second-order valence-corrected chi connectivity index (χ2v) is 6.32. The van der Waals surface area contributed by atoms with Gasteiger partial charge >= 0.3 is 0 Å².